The van der Waals surface area contributed by atoms with Gasteiger partial charge in [0.05, 0.1) is 18.6 Å². The Morgan fingerprint density at radius 2 is 1.88 bits per heavy atom. The van der Waals surface area contributed by atoms with Crippen LogP contribution in [0.25, 0.3) is 0 Å². The number of methoxy groups -OCH3 is 1. The molecule has 2 aromatic carbocycles. The second kappa shape index (κ2) is 6.24. The monoisotopic (exact) mass is 348 g/mol. The van der Waals surface area contributed by atoms with Crippen molar-refractivity contribution in [1.82, 2.24) is 0 Å². The number of benzene rings is 2. The third kappa shape index (κ3) is 3.12. The smallest absolute Gasteiger partial charge is 0.175 e. The molecule has 0 aromatic heterocycles. The van der Waals surface area contributed by atoms with Crippen LogP contribution in [0.4, 0.5) is 10.1 Å². The molecule has 0 saturated carbocycles. The average Bonchev–Trinajstić information content (AvgIpc) is 3.03. The summed E-state index contributed by atoms with van der Waals surface area (Å²) in [5.74, 6) is 0.391. The number of hydrogen-bond acceptors (Lipinski definition) is 5. The van der Waals surface area contributed by atoms with Gasteiger partial charge in [0.1, 0.15) is 5.84 Å². The van der Waals surface area contributed by atoms with E-state index in [-0.39, 0.29) is 10.6 Å². The highest BCUT2D eigenvalue weighted by Crippen LogP contribution is 2.25. The van der Waals surface area contributed by atoms with E-state index < -0.39 is 15.7 Å². The van der Waals surface area contributed by atoms with Crippen molar-refractivity contribution in [3.8, 4) is 5.75 Å². The number of ether oxygens (including phenoxy) is 1. The largest absolute Gasteiger partial charge is 0.494 e. The minimum absolute atomic E-state index is 0.182. The number of hydrogen-bond donors (Lipinski definition) is 0. The molecule has 24 heavy (non-hydrogen) atoms. The molecule has 0 saturated heterocycles. The molecule has 0 fully saturated rings. The van der Waals surface area contributed by atoms with Gasteiger partial charge in [-0.3, -0.25) is 4.99 Å². The van der Waals surface area contributed by atoms with Crippen LogP contribution in [0.15, 0.2) is 52.4 Å². The first kappa shape index (κ1) is 16.4. The maximum atomic E-state index is 14.0. The molecule has 1 aliphatic heterocycles. The van der Waals surface area contributed by atoms with Gasteiger partial charge < -0.3 is 9.64 Å². The van der Waals surface area contributed by atoms with Crippen molar-refractivity contribution in [1.29, 1.82) is 0 Å². The second-order valence-corrected chi connectivity index (χ2v) is 7.49. The molecule has 2 aromatic rings. The lowest BCUT2D eigenvalue weighted by molar-refractivity contribution is 0.386. The van der Waals surface area contributed by atoms with Crippen molar-refractivity contribution < 1.29 is 17.5 Å². The Morgan fingerprint density at radius 3 is 2.46 bits per heavy atom. The zero-order valence-electron chi connectivity index (χ0n) is 13.4. The van der Waals surface area contributed by atoms with E-state index in [4.69, 9.17) is 4.74 Å². The molecule has 1 heterocycles. The van der Waals surface area contributed by atoms with Crippen molar-refractivity contribution in [3.05, 3.63) is 53.8 Å². The van der Waals surface area contributed by atoms with Crippen molar-refractivity contribution >= 4 is 21.4 Å². The van der Waals surface area contributed by atoms with E-state index in [1.807, 2.05) is 4.90 Å². The fourth-order valence-corrected chi connectivity index (χ4v) is 3.25. The Hall–Kier alpha value is -2.41. The fourth-order valence-electron chi connectivity index (χ4n) is 2.62. The van der Waals surface area contributed by atoms with Gasteiger partial charge >= 0.3 is 0 Å². The van der Waals surface area contributed by atoms with Gasteiger partial charge in [-0.2, -0.15) is 0 Å². The molecule has 3 rings (SSSR count). The van der Waals surface area contributed by atoms with Crippen LogP contribution in [0, 0.1) is 5.82 Å². The van der Waals surface area contributed by atoms with Gasteiger partial charge in [0, 0.05) is 24.1 Å². The quantitative estimate of drug-likeness (QED) is 0.852. The Morgan fingerprint density at radius 1 is 1.17 bits per heavy atom. The Kier molecular flexibility index (Phi) is 4.28. The van der Waals surface area contributed by atoms with Crippen LogP contribution in [0.1, 0.15) is 5.56 Å². The molecule has 1 aliphatic rings. The number of rotatable bonds is 4. The zero-order chi connectivity index (χ0) is 17.3. The zero-order valence-corrected chi connectivity index (χ0v) is 14.2. The molecule has 0 bridgehead atoms. The van der Waals surface area contributed by atoms with E-state index in [1.54, 1.807) is 36.4 Å². The summed E-state index contributed by atoms with van der Waals surface area (Å²) in [6, 6.07) is 11.3. The minimum Gasteiger partial charge on any atom is -0.494 e. The van der Waals surface area contributed by atoms with Crippen LogP contribution >= 0.6 is 0 Å². The predicted molar refractivity (Wildman–Crippen MR) is 91.3 cm³/mol. The summed E-state index contributed by atoms with van der Waals surface area (Å²) < 4.78 is 42.0. The lowest BCUT2D eigenvalue weighted by atomic mass is 10.1. The Labute approximate surface area is 140 Å². The number of nitrogens with zero attached hydrogens (tertiary/aromatic N) is 2. The molecule has 0 radical (unpaired) electrons. The molecule has 0 spiro atoms. The number of sulfone groups is 1. The van der Waals surface area contributed by atoms with Crippen molar-refractivity contribution in [2.24, 2.45) is 4.99 Å². The molecule has 7 heteroatoms. The van der Waals surface area contributed by atoms with E-state index in [0.717, 1.165) is 5.69 Å². The highest BCUT2D eigenvalue weighted by molar-refractivity contribution is 7.90. The molecule has 0 atom stereocenters. The summed E-state index contributed by atoms with van der Waals surface area (Å²) in [6.07, 6.45) is 1.17. The normalized spacial score (nSPS) is 14.6. The van der Waals surface area contributed by atoms with Gasteiger partial charge in [-0.15, -0.1) is 0 Å². The first-order valence-electron chi connectivity index (χ1n) is 7.36. The predicted octanol–water partition coefficient (Wildman–Crippen LogP) is 2.50. The van der Waals surface area contributed by atoms with Crippen LogP contribution in [0.5, 0.6) is 5.75 Å². The summed E-state index contributed by atoms with van der Waals surface area (Å²) in [5.41, 5.74) is 1.47. The molecule has 5 nitrogen and oxygen atoms in total. The number of halogens is 1. The highest BCUT2D eigenvalue weighted by Gasteiger charge is 2.21. The SMILES string of the molecule is COc1ccc(C2=NCCN2c2ccc(S(C)(=O)=O)cc2)cc1F. The van der Waals surface area contributed by atoms with Crippen molar-refractivity contribution in [3.63, 3.8) is 0 Å². The van der Waals surface area contributed by atoms with Crippen LogP contribution in [-0.4, -0.2) is 40.7 Å². The van der Waals surface area contributed by atoms with Gasteiger partial charge in [0.15, 0.2) is 21.4 Å². The number of anilines is 1. The molecular weight excluding hydrogens is 331 g/mol. The lowest BCUT2D eigenvalue weighted by Gasteiger charge is -2.21. The average molecular weight is 348 g/mol. The molecule has 126 valence electrons. The standard InChI is InChI=1S/C17H17FN2O3S/c1-23-16-8-3-12(11-15(16)18)17-19-9-10-20(17)13-4-6-14(7-5-13)24(2,21)22/h3-8,11H,9-10H2,1-2H3. The highest BCUT2D eigenvalue weighted by atomic mass is 32.2. The third-order valence-electron chi connectivity index (χ3n) is 3.83. The van der Waals surface area contributed by atoms with E-state index in [0.29, 0.717) is 24.5 Å². The van der Waals surface area contributed by atoms with E-state index in [2.05, 4.69) is 4.99 Å². The fraction of sp³-hybridized carbons (Fsp3) is 0.235. The topological polar surface area (TPSA) is 59.0 Å². The summed E-state index contributed by atoms with van der Waals surface area (Å²) in [5, 5.41) is 0. The maximum absolute atomic E-state index is 14.0. The summed E-state index contributed by atoms with van der Waals surface area (Å²) in [7, 11) is -1.82. The summed E-state index contributed by atoms with van der Waals surface area (Å²) >= 11 is 0. The first-order valence-corrected chi connectivity index (χ1v) is 9.25. The van der Waals surface area contributed by atoms with Crippen LogP contribution in [0.2, 0.25) is 0 Å². The minimum atomic E-state index is -3.23. The van der Waals surface area contributed by atoms with Gasteiger partial charge in [0.2, 0.25) is 0 Å². The Bertz CT molecular complexity index is 893. The number of aliphatic imine (C=N–C) groups is 1. The van der Waals surface area contributed by atoms with E-state index in [1.165, 1.54) is 19.4 Å². The van der Waals surface area contributed by atoms with Crippen molar-refractivity contribution in [2.75, 3.05) is 31.4 Å². The van der Waals surface area contributed by atoms with Gasteiger partial charge in [-0.25, -0.2) is 12.8 Å². The summed E-state index contributed by atoms with van der Waals surface area (Å²) in [6.45, 7) is 1.25. The van der Waals surface area contributed by atoms with Gasteiger partial charge in [0.25, 0.3) is 0 Å². The van der Waals surface area contributed by atoms with Gasteiger partial charge in [-0.05, 0) is 42.5 Å². The molecule has 0 aliphatic carbocycles. The van der Waals surface area contributed by atoms with E-state index in [9.17, 15) is 12.8 Å². The first-order chi connectivity index (χ1) is 11.4. The van der Waals surface area contributed by atoms with Gasteiger partial charge in [-0.1, -0.05) is 0 Å². The van der Waals surface area contributed by atoms with E-state index >= 15 is 0 Å². The Balaban J connectivity index is 1.92. The molecule has 0 N–H and O–H groups in total. The number of amidine groups is 1. The molecular formula is C17H17FN2O3S. The maximum Gasteiger partial charge on any atom is 0.175 e. The van der Waals surface area contributed by atoms with Crippen LogP contribution in [0.3, 0.4) is 0 Å². The lowest BCUT2D eigenvalue weighted by Crippen LogP contribution is -2.28. The second-order valence-electron chi connectivity index (χ2n) is 5.47. The van der Waals surface area contributed by atoms with Crippen molar-refractivity contribution in [2.45, 2.75) is 4.90 Å². The summed E-state index contributed by atoms with van der Waals surface area (Å²) in [4.78, 5) is 6.65. The van der Waals surface area contributed by atoms with Crippen LogP contribution in [-0.2, 0) is 9.84 Å². The van der Waals surface area contributed by atoms with Crippen LogP contribution < -0.4 is 9.64 Å². The molecule has 0 amide bonds. The third-order valence-corrected chi connectivity index (χ3v) is 4.96. The molecule has 0 unspecified atom stereocenters.